The summed E-state index contributed by atoms with van der Waals surface area (Å²) in [6.07, 6.45) is 6.20. The Kier molecular flexibility index (Phi) is 4.17. The number of aryl methyl sites for hydroxylation is 1. The molecule has 0 spiro atoms. The Labute approximate surface area is 171 Å². The standard InChI is InChI=1S/C26H22BN2/c1-4-10-23-19(5-2)20-11-6-8-13-24(20)28(23)27-29-25-14-9-7-12-21(25)22-17-18(3)15-16-26(22)29/h4-17H,2H2,1,3H3/b10-4-. The van der Waals surface area contributed by atoms with E-state index in [9.17, 15) is 0 Å². The molecule has 0 amide bonds. The summed E-state index contributed by atoms with van der Waals surface area (Å²) in [6, 6.07) is 23.8. The number of fused-ring (bicyclic) bond motifs is 4. The molecular weight excluding hydrogens is 351 g/mol. The lowest BCUT2D eigenvalue weighted by Gasteiger charge is -2.11. The summed E-state index contributed by atoms with van der Waals surface area (Å²) in [7, 11) is 2.21. The number of rotatable bonds is 4. The minimum Gasteiger partial charge on any atom is -0.368 e. The van der Waals surface area contributed by atoms with Crippen LogP contribution in [0.25, 0.3) is 44.9 Å². The number of aromatic nitrogens is 2. The van der Waals surface area contributed by atoms with Gasteiger partial charge < -0.3 is 8.96 Å². The molecule has 0 aliphatic heterocycles. The van der Waals surface area contributed by atoms with E-state index in [4.69, 9.17) is 0 Å². The second kappa shape index (κ2) is 6.86. The van der Waals surface area contributed by atoms with E-state index in [2.05, 4.69) is 116 Å². The summed E-state index contributed by atoms with van der Waals surface area (Å²) >= 11 is 0. The maximum Gasteiger partial charge on any atom is 0.401 e. The Balaban J connectivity index is 1.84. The minimum absolute atomic E-state index is 1.14. The van der Waals surface area contributed by atoms with Crippen LogP contribution in [0.1, 0.15) is 23.7 Å². The van der Waals surface area contributed by atoms with Crippen LogP contribution in [0.4, 0.5) is 0 Å². The second-order valence-electron chi connectivity index (χ2n) is 7.41. The van der Waals surface area contributed by atoms with Crippen molar-refractivity contribution in [3.8, 4) is 0 Å². The molecular formula is C26H22BN2. The Bertz CT molecular complexity index is 1420. The Morgan fingerprint density at radius 2 is 1.45 bits per heavy atom. The minimum atomic E-state index is 1.14. The van der Waals surface area contributed by atoms with Gasteiger partial charge in [0, 0.05) is 44.0 Å². The van der Waals surface area contributed by atoms with Gasteiger partial charge >= 0.3 is 7.55 Å². The van der Waals surface area contributed by atoms with E-state index in [0.717, 1.165) is 11.3 Å². The fourth-order valence-electron chi connectivity index (χ4n) is 4.33. The van der Waals surface area contributed by atoms with E-state index < -0.39 is 0 Å². The highest BCUT2D eigenvalue weighted by Crippen LogP contribution is 2.31. The van der Waals surface area contributed by atoms with Crippen LogP contribution in [0.5, 0.6) is 0 Å². The molecule has 0 fully saturated rings. The third kappa shape index (κ3) is 2.66. The van der Waals surface area contributed by atoms with Crippen molar-refractivity contribution in [3.63, 3.8) is 0 Å². The molecule has 0 aliphatic carbocycles. The van der Waals surface area contributed by atoms with Crippen LogP contribution in [0, 0.1) is 6.92 Å². The lowest BCUT2D eigenvalue weighted by Crippen LogP contribution is -2.17. The predicted molar refractivity (Wildman–Crippen MR) is 127 cm³/mol. The van der Waals surface area contributed by atoms with Crippen LogP contribution in [0.2, 0.25) is 0 Å². The molecule has 2 heterocycles. The normalized spacial score (nSPS) is 11.8. The number of hydrogen-bond acceptors (Lipinski definition) is 0. The first-order valence-corrected chi connectivity index (χ1v) is 9.95. The van der Waals surface area contributed by atoms with Gasteiger partial charge in [-0.1, -0.05) is 66.8 Å². The summed E-state index contributed by atoms with van der Waals surface area (Å²) in [5, 5.41) is 3.77. The monoisotopic (exact) mass is 373 g/mol. The van der Waals surface area contributed by atoms with E-state index in [1.165, 1.54) is 38.3 Å². The van der Waals surface area contributed by atoms with Gasteiger partial charge in [-0.15, -0.1) is 0 Å². The summed E-state index contributed by atoms with van der Waals surface area (Å²) < 4.78 is 4.58. The van der Waals surface area contributed by atoms with Crippen LogP contribution in [0.3, 0.4) is 0 Å². The number of nitrogens with zero attached hydrogens (tertiary/aromatic N) is 2. The van der Waals surface area contributed by atoms with E-state index in [1.807, 2.05) is 6.08 Å². The quantitative estimate of drug-likeness (QED) is 0.312. The topological polar surface area (TPSA) is 9.86 Å². The van der Waals surface area contributed by atoms with E-state index >= 15 is 0 Å². The number of para-hydroxylation sites is 2. The molecule has 5 rings (SSSR count). The number of hydrogen-bond donors (Lipinski definition) is 0. The van der Waals surface area contributed by atoms with Gasteiger partial charge in [0.1, 0.15) is 0 Å². The molecule has 0 atom stereocenters. The molecule has 139 valence electrons. The third-order valence-electron chi connectivity index (χ3n) is 5.61. The Hall–Kier alpha value is -3.46. The summed E-state index contributed by atoms with van der Waals surface area (Å²) in [4.78, 5) is 0. The van der Waals surface area contributed by atoms with Crippen LogP contribution in [-0.2, 0) is 0 Å². The Morgan fingerprint density at radius 1 is 0.793 bits per heavy atom. The Morgan fingerprint density at radius 3 is 2.17 bits per heavy atom. The first-order valence-electron chi connectivity index (χ1n) is 9.95. The summed E-state index contributed by atoms with van der Waals surface area (Å²) in [5.41, 5.74) is 7.16. The zero-order valence-electron chi connectivity index (χ0n) is 16.8. The van der Waals surface area contributed by atoms with Gasteiger partial charge in [-0.2, -0.15) is 0 Å². The van der Waals surface area contributed by atoms with E-state index in [1.54, 1.807) is 0 Å². The molecule has 2 nitrogen and oxygen atoms in total. The lowest BCUT2D eigenvalue weighted by molar-refractivity contribution is 1.18. The second-order valence-corrected chi connectivity index (χ2v) is 7.41. The predicted octanol–water partition coefficient (Wildman–Crippen LogP) is 6.66. The molecule has 1 radical (unpaired) electrons. The van der Waals surface area contributed by atoms with Gasteiger partial charge in [0.25, 0.3) is 0 Å². The fraction of sp³-hybridized carbons (Fsp3) is 0.0769. The first kappa shape index (κ1) is 17.6. The molecule has 2 aromatic heterocycles. The highest BCUT2D eigenvalue weighted by Gasteiger charge is 2.18. The molecule has 0 unspecified atom stereocenters. The molecule has 0 N–H and O–H groups in total. The van der Waals surface area contributed by atoms with E-state index in [0.29, 0.717) is 0 Å². The van der Waals surface area contributed by atoms with Crippen LogP contribution in [-0.4, -0.2) is 16.5 Å². The largest absolute Gasteiger partial charge is 0.401 e. The van der Waals surface area contributed by atoms with Gasteiger partial charge in [-0.05, 0) is 44.2 Å². The van der Waals surface area contributed by atoms with Gasteiger partial charge in [0.05, 0.1) is 0 Å². The van der Waals surface area contributed by atoms with Crippen molar-refractivity contribution >= 4 is 52.4 Å². The van der Waals surface area contributed by atoms with Crippen molar-refractivity contribution in [2.24, 2.45) is 0 Å². The van der Waals surface area contributed by atoms with Gasteiger partial charge in [-0.25, -0.2) is 0 Å². The van der Waals surface area contributed by atoms with Crippen molar-refractivity contribution in [2.45, 2.75) is 13.8 Å². The van der Waals surface area contributed by atoms with Gasteiger partial charge in [0.2, 0.25) is 0 Å². The van der Waals surface area contributed by atoms with Crippen LogP contribution >= 0.6 is 0 Å². The fourth-order valence-corrected chi connectivity index (χ4v) is 4.33. The SMILES string of the molecule is C=Cc1c(/C=C\C)n([B]n2c3ccccc3c3cc(C)ccc32)c2ccccc12. The number of benzene rings is 3. The summed E-state index contributed by atoms with van der Waals surface area (Å²) in [5.74, 6) is 0. The van der Waals surface area contributed by atoms with Crippen molar-refractivity contribution in [3.05, 3.63) is 96.2 Å². The average molecular weight is 373 g/mol. The molecule has 3 heteroatoms. The maximum atomic E-state index is 4.08. The molecule has 3 aromatic carbocycles. The maximum absolute atomic E-state index is 4.08. The van der Waals surface area contributed by atoms with Crippen molar-refractivity contribution in [1.29, 1.82) is 0 Å². The summed E-state index contributed by atoms with van der Waals surface area (Å²) in [6.45, 7) is 8.28. The first-order chi connectivity index (χ1) is 14.2. The zero-order valence-corrected chi connectivity index (χ0v) is 16.8. The van der Waals surface area contributed by atoms with Crippen molar-refractivity contribution in [1.82, 2.24) is 8.96 Å². The lowest BCUT2D eigenvalue weighted by atomic mass is 10.1. The highest BCUT2D eigenvalue weighted by atomic mass is 15.0. The molecule has 5 aromatic rings. The highest BCUT2D eigenvalue weighted by molar-refractivity contribution is 6.40. The smallest absolute Gasteiger partial charge is 0.368 e. The van der Waals surface area contributed by atoms with Gasteiger partial charge in [0.15, 0.2) is 0 Å². The average Bonchev–Trinajstić information content (AvgIpc) is 3.21. The van der Waals surface area contributed by atoms with Crippen LogP contribution < -0.4 is 0 Å². The third-order valence-corrected chi connectivity index (χ3v) is 5.61. The van der Waals surface area contributed by atoms with E-state index in [-0.39, 0.29) is 0 Å². The van der Waals surface area contributed by atoms with Crippen molar-refractivity contribution < 1.29 is 0 Å². The molecule has 0 aliphatic rings. The molecule has 29 heavy (non-hydrogen) atoms. The zero-order chi connectivity index (χ0) is 20.0. The number of allylic oxidation sites excluding steroid dienone is 1. The van der Waals surface area contributed by atoms with Gasteiger partial charge in [-0.3, -0.25) is 0 Å². The molecule has 0 bridgehead atoms. The van der Waals surface area contributed by atoms with Crippen molar-refractivity contribution in [2.75, 3.05) is 0 Å². The molecule has 0 saturated carbocycles. The van der Waals surface area contributed by atoms with Crippen LogP contribution in [0.15, 0.2) is 79.4 Å². The molecule has 0 saturated heterocycles.